The first-order valence-corrected chi connectivity index (χ1v) is 7.54. The second-order valence-corrected chi connectivity index (χ2v) is 5.21. The first-order valence-electron chi connectivity index (χ1n) is 7.54. The second-order valence-electron chi connectivity index (χ2n) is 5.21. The smallest absolute Gasteiger partial charge is 0.339 e. The quantitative estimate of drug-likeness (QED) is 0.406. The van der Waals surface area contributed by atoms with Gasteiger partial charge in [-0.2, -0.15) is 0 Å². The van der Waals surface area contributed by atoms with Crippen molar-refractivity contribution < 1.29 is 33.4 Å². The van der Waals surface area contributed by atoms with Crippen LogP contribution in [0.2, 0.25) is 0 Å². The lowest BCUT2D eigenvalue weighted by atomic mass is 10.2. The lowest BCUT2D eigenvalue weighted by Crippen LogP contribution is -2.39. The molecular formula is C16H17N3O7. The molecule has 1 saturated heterocycles. The Morgan fingerprint density at radius 1 is 1.04 bits per heavy atom. The number of para-hydroxylation sites is 1. The maximum Gasteiger partial charge on any atom is 0.339 e. The van der Waals surface area contributed by atoms with Gasteiger partial charge in [0.05, 0.1) is 31.5 Å². The number of nitrogens with zero attached hydrogens (tertiary/aromatic N) is 2. The number of amides is 5. The summed E-state index contributed by atoms with van der Waals surface area (Å²) in [5.41, 5.74) is 0.270. The molecule has 0 spiro atoms. The highest BCUT2D eigenvalue weighted by Gasteiger charge is 2.44. The minimum Gasteiger partial charge on any atom is -0.465 e. The molecule has 138 valence electrons. The third-order valence-corrected chi connectivity index (χ3v) is 3.56. The highest BCUT2D eigenvalue weighted by Crippen LogP contribution is 2.17. The monoisotopic (exact) mass is 363 g/mol. The molecule has 26 heavy (non-hydrogen) atoms. The number of rotatable bonds is 7. The molecule has 1 N–H and O–H groups in total. The van der Waals surface area contributed by atoms with E-state index in [1.165, 1.54) is 26.4 Å². The van der Waals surface area contributed by atoms with E-state index in [4.69, 9.17) is 4.74 Å². The number of carbonyl (C=O) groups is 5. The van der Waals surface area contributed by atoms with Gasteiger partial charge >= 0.3 is 23.8 Å². The van der Waals surface area contributed by atoms with Crippen molar-refractivity contribution in [2.45, 2.75) is 0 Å². The van der Waals surface area contributed by atoms with E-state index in [2.05, 4.69) is 10.1 Å². The zero-order chi connectivity index (χ0) is 19.3. The largest absolute Gasteiger partial charge is 0.465 e. The zero-order valence-electron chi connectivity index (χ0n) is 14.2. The Morgan fingerprint density at radius 3 is 2.35 bits per heavy atom. The van der Waals surface area contributed by atoms with E-state index >= 15 is 0 Å². The van der Waals surface area contributed by atoms with E-state index in [1.807, 2.05) is 0 Å². The third-order valence-electron chi connectivity index (χ3n) is 3.56. The zero-order valence-corrected chi connectivity index (χ0v) is 14.2. The van der Waals surface area contributed by atoms with Crippen molar-refractivity contribution in [2.75, 3.05) is 39.2 Å². The molecule has 5 amide bonds. The third kappa shape index (κ3) is 3.86. The molecule has 1 aliphatic rings. The Balaban J connectivity index is 2.09. The van der Waals surface area contributed by atoms with Gasteiger partial charge in [-0.15, -0.1) is 0 Å². The number of imide groups is 2. The number of carbonyl (C=O) groups excluding carboxylic acids is 5. The van der Waals surface area contributed by atoms with Crippen molar-refractivity contribution in [3.63, 3.8) is 0 Å². The topological polar surface area (TPSA) is 122 Å². The first kappa shape index (κ1) is 19.1. The molecule has 0 unspecified atom stereocenters. The molecule has 10 heteroatoms. The fourth-order valence-corrected chi connectivity index (χ4v) is 2.28. The molecule has 1 aromatic rings. The molecule has 0 aromatic heterocycles. The van der Waals surface area contributed by atoms with Crippen LogP contribution in [0.25, 0.3) is 0 Å². The fourth-order valence-electron chi connectivity index (χ4n) is 2.28. The van der Waals surface area contributed by atoms with Gasteiger partial charge in [-0.3, -0.25) is 19.3 Å². The van der Waals surface area contributed by atoms with Crippen LogP contribution in [0.5, 0.6) is 0 Å². The Morgan fingerprint density at radius 2 is 1.69 bits per heavy atom. The van der Waals surface area contributed by atoms with Crippen LogP contribution >= 0.6 is 0 Å². The minimum atomic E-state index is -1.09. The lowest BCUT2D eigenvalue weighted by molar-refractivity contribution is -0.143. The molecule has 1 fully saturated rings. The van der Waals surface area contributed by atoms with Crippen molar-refractivity contribution in [1.82, 2.24) is 9.80 Å². The summed E-state index contributed by atoms with van der Waals surface area (Å²) in [5.74, 6) is -3.52. The van der Waals surface area contributed by atoms with Crippen molar-refractivity contribution in [1.29, 1.82) is 0 Å². The highest BCUT2D eigenvalue weighted by molar-refractivity contribution is 6.45. The fraction of sp³-hybridized carbons (Fsp3) is 0.312. The lowest BCUT2D eigenvalue weighted by Gasteiger charge is -2.15. The summed E-state index contributed by atoms with van der Waals surface area (Å²) in [6.07, 6.45) is 0. The number of benzene rings is 1. The average molecular weight is 363 g/mol. The number of ether oxygens (including phenoxy) is 2. The SMILES string of the molecule is COCCN1C(=O)C(=O)N(CC(=O)Nc2ccccc2C(=O)OC)C1=O. The van der Waals surface area contributed by atoms with Crippen LogP contribution in [0.15, 0.2) is 24.3 Å². The summed E-state index contributed by atoms with van der Waals surface area (Å²) in [4.78, 5) is 61.0. The van der Waals surface area contributed by atoms with Gasteiger partial charge < -0.3 is 14.8 Å². The standard InChI is InChI=1S/C16H17N3O7/c1-25-8-7-18-13(21)14(22)19(16(18)24)9-12(20)17-11-6-4-3-5-10(11)15(23)26-2/h3-6H,7-9H2,1-2H3,(H,17,20). The van der Waals surface area contributed by atoms with Crippen LogP contribution in [0.3, 0.4) is 0 Å². The molecule has 1 heterocycles. The van der Waals surface area contributed by atoms with Gasteiger partial charge in [0.1, 0.15) is 6.54 Å². The first-order chi connectivity index (χ1) is 12.4. The Bertz CT molecular complexity index is 762. The van der Waals surface area contributed by atoms with Crippen LogP contribution in [-0.4, -0.2) is 73.4 Å². The Kier molecular flexibility index (Phi) is 6.02. The van der Waals surface area contributed by atoms with Crippen molar-refractivity contribution in [2.24, 2.45) is 0 Å². The van der Waals surface area contributed by atoms with E-state index in [-0.39, 0.29) is 24.4 Å². The summed E-state index contributed by atoms with van der Waals surface area (Å²) >= 11 is 0. The molecule has 1 aromatic carbocycles. The number of methoxy groups -OCH3 is 2. The number of hydrogen-bond donors (Lipinski definition) is 1. The predicted octanol–water partition coefficient (Wildman–Crippen LogP) is -0.151. The number of urea groups is 1. The van der Waals surface area contributed by atoms with Gasteiger partial charge in [-0.1, -0.05) is 12.1 Å². The van der Waals surface area contributed by atoms with Gasteiger partial charge in [0.15, 0.2) is 0 Å². The van der Waals surface area contributed by atoms with E-state index < -0.39 is 36.3 Å². The minimum absolute atomic E-state index is 0.0668. The average Bonchev–Trinajstić information content (AvgIpc) is 2.83. The van der Waals surface area contributed by atoms with Crippen LogP contribution in [0, 0.1) is 0 Å². The number of hydrogen-bond acceptors (Lipinski definition) is 7. The molecule has 0 bridgehead atoms. The highest BCUT2D eigenvalue weighted by atomic mass is 16.5. The molecule has 1 aliphatic heterocycles. The van der Waals surface area contributed by atoms with E-state index in [9.17, 15) is 24.0 Å². The summed E-state index contributed by atoms with van der Waals surface area (Å²) < 4.78 is 9.40. The Labute approximate surface area is 148 Å². The Hall–Kier alpha value is -3.27. The number of esters is 1. The normalized spacial score (nSPS) is 14.0. The van der Waals surface area contributed by atoms with Gasteiger partial charge in [0.2, 0.25) is 5.91 Å². The molecule has 0 radical (unpaired) electrons. The van der Waals surface area contributed by atoms with Gasteiger partial charge in [0, 0.05) is 7.11 Å². The predicted molar refractivity (Wildman–Crippen MR) is 87.1 cm³/mol. The molecule has 0 aliphatic carbocycles. The molecule has 10 nitrogen and oxygen atoms in total. The van der Waals surface area contributed by atoms with Crippen molar-refractivity contribution in [3.8, 4) is 0 Å². The van der Waals surface area contributed by atoms with Gasteiger partial charge in [-0.05, 0) is 12.1 Å². The van der Waals surface area contributed by atoms with Crippen LogP contribution in [0.4, 0.5) is 10.5 Å². The summed E-state index contributed by atoms with van der Waals surface area (Å²) in [6, 6.07) is 5.19. The van der Waals surface area contributed by atoms with E-state index in [0.717, 1.165) is 0 Å². The summed E-state index contributed by atoms with van der Waals surface area (Å²) in [6.45, 7) is -0.692. The molecule has 0 atom stereocenters. The molecule has 2 rings (SSSR count). The van der Waals surface area contributed by atoms with Gasteiger partial charge in [-0.25, -0.2) is 14.5 Å². The van der Waals surface area contributed by atoms with Crippen molar-refractivity contribution >= 4 is 35.4 Å². The van der Waals surface area contributed by atoms with Crippen LogP contribution in [0.1, 0.15) is 10.4 Å². The molecule has 0 saturated carbocycles. The van der Waals surface area contributed by atoms with E-state index in [0.29, 0.717) is 9.80 Å². The van der Waals surface area contributed by atoms with Gasteiger partial charge in [0.25, 0.3) is 0 Å². The van der Waals surface area contributed by atoms with Crippen LogP contribution < -0.4 is 5.32 Å². The second kappa shape index (κ2) is 8.21. The van der Waals surface area contributed by atoms with Crippen LogP contribution in [-0.2, 0) is 23.9 Å². The van der Waals surface area contributed by atoms with E-state index in [1.54, 1.807) is 12.1 Å². The molecular weight excluding hydrogens is 346 g/mol. The summed E-state index contributed by atoms with van der Waals surface area (Å²) in [5, 5.41) is 2.43. The summed E-state index contributed by atoms with van der Waals surface area (Å²) in [7, 11) is 2.58. The maximum absolute atomic E-state index is 12.2. The number of anilines is 1. The number of nitrogens with one attached hydrogen (secondary N) is 1. The van der Waals surface area contributed by atoms with Crippen molar-refractivity contribution in [3.05, 3.63) is 29.8 Å². The maximum atomic E-state index is 12.2.